The maximum Gasteiger partial charge on any atom is 0.322 e. The number of unbranched alkanes of at least 4 members (excludes halogenated alkanes) is 2. The first-order chi connectivity index (χ1) is 34.6. The fraction of sp³-hybridized carbons (Fsp3) is 0.462. The van der Waals surface area contributed by atoms with Crippen molar-refractivity contribution in [2.24, 2.45) is 5.41 Å². The number of nitrogens with zero attached hydrogens (tertiary/aromatic N) is 6. The Morgan fingerprint density at radius 3 is 2.35 bits per heavy atom. The van der Waals surface area contributed by atoms with Gasteiger partial charge in [-0.3, -0.25) is 24.4 Å². The summed E-state index contributed by atoms with van der Waals surface area (Å²) in [5.74, 6) is -1.00. The number of aromatic nitrogens is 4. The molecule has 386 valence electrons. The van der Waals surface area contributed by atoms with Gasteiger partial charge in [0.15, 0.2) is 0 Å². The molecule has 3 atom stereocenters. The molecule has 20 heteroatoms. The molecule has 3 unspecified atom stereocenters. The van der Waals surface area contributed by atoms with Gasteiger partial charge in [-0.2, -0.15) is 0 Å². The Balaban J connectivity index is 0.854. The molecule has 0 spiro atoms. The average molecular weight is 1010 g/mol. The van der Waals surface area contributed by atoms with Crippen LogP contribution in [0.4, 0.5) is 10.5 Å². The Kier molecular flexibility index (Phi) is 20.2. The number of aliphatic hydroxyl groups excluding tert-OH is 1. The number of aliphatic hydroxyl groups is 1. The highest BCUT2D eigenvalue weighted by atomic mass is 32.1. The summed E-state index contributed by atoms with van der Waals surface area (Å²) in [6.07, 6.45) is 4.91. The van der Waals surface area contributed by atoms with Crippen molar-refractivity contribution in [3.8, 4) is 16.2 Å². The van der Waals surface area contributed by atoms with E-state index in [1.165, 1.54) is 4.90 Å². The fourth-order valence-electron chi connectivity index (χ4n) is 8.13. The summed E-state index contributed by atoms with van der Waals surface area (Å²) < 4.78 is 13.3. The van der Waals surface area contributed by atoms with E-state index in [2.05, 4.69) is 38.2 Å². The molecular weight excluding hydrogens is 941 g/mol. The predicted molar refractivity (Wildman–Crippen MR) is 272 cm³/mol. The minimum atomic E-state index is -0.904. The lowest BCUT2D eigenvalue weighted by Crippen LogP contribution is -2.57. The van der Waals surface area contributed by atoms with Gasteiger partial charge in [0.1, 0.15) is 24.4 Å². The van der Waals surface area contributed by atoms with Crippen LogP contribution in [-0.4, -0.2) is 121 Å². The Morgan fingerprint density at radius 2 is 1.67 bits per heavy atom. The molecular formula is C52H68N10O9S. The number of thiazole rings is 1. The second kappa shape index (κ2) is 26.6. The number of β-amino-alcohol motifs (C(OH)–C–C–N with tert-alkyl or cyclic N) is 1. The van der Waals surface area contributed by atoms with Crippen molar-refractivity contribution in [1.29, 1.82) is 0 Å². The number of benzene rings is 3. The first kappa shape index (κ1) is 54.6. The SMILES string of the molecule is CCCCN(Cc1ccc(C(=O)NO)cc1)C(=O)Nc1ccc(OCCOCCn2cc(CCCCC(=O)NC(C(=O)N3CC(O)CC3C(=O)NCc3ccc(-c4scnc4C)cc3)C(C)(C)C)nn2)cc1. The van der Waals surface area contributed by atoms with Gasteiger partial charge in [0.05, 0.1) is 47.6 Å². The Hall–Kier alpha value is -6.74. The third-order valence-corrected chi connectivity index (χ3v) is 13.2. The van der Waals surface area contributed by atoms with Gasteiger partial charge in [-0.05, 0) is 91.1 Å². The fourth-order valence-corrected chi connectivity index (χ4v) is 8.94. The lowest BCUT2D eigenvalue weighted by atomic mass is 9.85. The molecule has 1 aliphatic rings. The topological polar surface area (TPSA) is 242 Å². The highest BCUT2D eigenvalue weighted by Crippen LogP contribution is 2.29. The van der Waals surface area contributed by atoms with Gasteiger partial charge in [-0.1, -0.05) is 75.7 Å². The zero-order chi connectivity index (χ0) is 51.6. The van der Waals surface area contributed by atoms with Crippen LogP contribution in [0.2, 0.25) is 0 Å². The largest absolute Gasteiger partial charge is 0.491 e. The lowest BCUT2D eigenvalue weighted by Gasteiger charge is -2.35. The molecule has 0 radical (unpaired) electrons. The summed E-state index contributed by atoms with van der Waals surface area (Å²) in [6.45, 7) is 12.3. The highest BCUT2D eigenvalue weighted by molar-refractivity contribution is 7.13. The average Bonchev–Trinajstić information content (AvgIpc) is 4.13. The number of anilines is 1. The van der Waals surface area contributed by atoms with Crippen molar-refractivity contribution in [3.63, 3.8) is 0 Å². The van der Waals surface area contributed by atoms with Crippen LogP contribution in [0, 0.1) is 12.3 Å². The maximum atomic E-state index is 14.0. The lowest BCUT2D eigenvalue weighted by molar-refractivity contribution is -0.144. The Labute approximate surface area is 424 Å². The number of aryl methyl sites for hydroxylation is 2. The summed E-state index contributed by atoms with van der Waals surface area (Å²) in [5, 5.41) is 36.8. The minimum Gasteiger partial charge on any atom is -0.491 e. The van der Waals surface area contributed by atoms with Gasteiger partial charge in [-0.25, -0.2) is 19.9 Å². The number of likely N-dealkylation sites (tertiary alicyclic amines) is 1. The van der Waals surface area contributed by atoms with Crippen molar-refractivity contribution in [2.45, 2.75) is 117 Å². The number of nitrogens with one attached hydrogen (secondary N) is 4. The van der Waals surface area contributed by atoms with Gasteiger partial charge in [-0.15, -0.1) is 16.4 Å². The number of rotatable bonds is 25. The van der Waals surface area contributed by atoms with E-state index in [9.17, 15) is 29.1 Å². The predicted octanol–water partition coefficient (Wildman–Crippen LogP) is 6.28. The zero-order valence-electron chi connectivity index (χ0n) is 41.8. The van der Waals surface area contributed by atoms with E-state index in [-0.39, 0.29) is 43.8 Å². The number of hydroxylamine groups is 1. The van der Waals surface area contributed by atoms with E-state index in [1.807, 2.05) is 63.7 Å². The highest BCUT2D eigenvalue weighted by Gasteiger charge is 2.44. The van der Waals surface area contributed by atoms with Crippen LogP contribution in [-0.2, 0) is 45.2 Å². The second-order valence-electron chi connectivity index (χ2n) is 19.0. The molecule has 0 bridgehead atoms. The molecule has 6 N–H and O–H groups in total. The number of hydrogen-bond acceptors (Lipinski definition) is 13. The van der Waals surface area contributed by atoms with Crippen molar-refractivity contribution < 1.29 is 43.8 Å². The summed E-state index contributed by atoms with van der Waals surface area (Å²) in [5.41, 5.74) is 8.25. The van der Waals surface area contributed by atoms with Crippen LogP contribution in [0.15, 0.2) is 84.5 Å². The van der Waals surface area contributed by atoms with Crippen LogP contribution in [0.5, 0.6) is 5.75 Å². The van der Waals surface area contributed by atoms with Gasteiger partial charge in [0.2, 0.25) is 17.7 Å². The van der Waals surface area contributed by atoms with E-state index in [0.717, 1.165) is 45.8 Å². The van der Waals surface area contributed by atoms with Crippen molar-refractivity contribution in [3.05, 3.63) is 113 Å². The number of urea groups is 1. The van der Waals surface area contributed by atoms with Crippen LogP contribution < -0.4 is 26.2 Å². The molecule has 72 heavy (non-hydrogen) atoms. The molecule has 6 amide bonds. The van der Waals surface area contributed by atoms with Crippen molar-refractivity contribution in [2.75, 3.05) is 38.2 Å². The number of hydrogen-bond donors (Lipinski definition) is 6. The van der Waals surface area contributed by atoms with Gasteiger partial charge < -0.3 is 40.3 Å². The third kappa shape index (κ3) is 16.1. The van der Waals surface area contributed by atoms with E-state index in [0.29, 0.717) is 75.7 Å². The smallest absolute Gasteiger partial charge is 0.322 e. The normalized spacial score (nSPS) is 14.9. The third-order valence-electron chi connectivity index (χ3n) is 12.2. The molecule has 19 nitrogen and oxygen atoms in total. The molecule has 6 rings (SSSR count). The van der Waals surface area contributed by atoms with Crippen LogP contribution in [0.25, 0.3) is 10.4 Å². The molecule has 2 aromatic heterocycles. The first-order valence-corrected chi connectivity index (χ1v) is 25.3. The molecule has 1 saturated heterocycles. The number of carbonyl (C=O) groups excluding carboxylic acids is 5. The van der Waals surface area contributed by atoms with Crippen LogP contribution in [0.1, 0.15) is 99.1 Å². The zero-order valence-corrected chi connectivity index (χ0v) is 42.6. The number of amides is 6. The van der Waals surface area contributed by atoms with Crippen LogP contribution >= 0.6 is 11.3 Å². The van der Waals surface area contributed by atoms with Gasteiger partial charge in [0, 0.05) is 56.5 Å². The monoisotopic (exact) mass is 1010 g/mol. The van der Waals surface area contributed by atoms with E-state index >= 15 is 0 Å². The minimum absolute atomic E-state index is 0.00203. The van der Waals surface area contributed by atoms with Crippen LogP contribution in [0.3, 0.4) is 0 Å². The molecule has 1 fully saturated rings. The summed E-state index contributed by atoms with van der Waals surface area (Å²) in [6, 6.07) is 19.7. The molecule has 0 aliphatic carbocycles. The quantitative estimate of drug-likeness (QED) is 0.0215. The molecule has 1 aliphatic heterocycles. The maximum absolute atomic E-state index is 14.0. The molecule has 3 aromatic carbocycles. The first-order valence-electron chi connectivity index (χ1n) is 24.5. The second-order valence-corrected chi connectivity index (χ2v) is 19.8. The van der Waals surface area contributed by atoms with Crippen molar-refractivity contribution >= 4 is 46.7 Å². The van der Waals surface area contributed by atoms with Gasteiger partial charge >= 0.3 is 6.03 Å². The van der Waals surface area contributed by atoms with E-state index in [1.54, 1.807) is 74.9 Å². The Morgan fingerprint density at radius 1 is 0.931 bits per heavy atom. The molecule has 0 saturated carbocycles. The summed E-state index contributed by atoms with van der Waals surface area (Å²) in [4.78, 5) is 74.1. The summed E-state index contributed by atoms with van der Waals surface area (Å²) >= 11 is 1.57. The van der Waals surface area contributed by atoms with E-state index in [4.69, 9.17) is 14.7 Å². The Bertz CT molecular complexity index is 2550. The standard InChI is InChI=1S/C52H68N10O9S/c1-6-7-24-60(31-37-14-18-39(19-15-37)48(65)58-69)51(68)55-40-20-22-43(23-21-40)71-28-27-70-26-25-61-32-41(57-59-61)10-8-9-11-45(64)56-47(52(3,4)5)50(67)62-33-42(63)29-44(62)49(66)53-30-36-12-16-38(17-13-36)46-35(2)54-34-72-46/h12-23,32,34,42,44,47,63,69H,6-11,24-31,33H2,1-5H3,(H,53,66)(H,55,68)(H,56,64)(H,58,65). The summed E-state index contributed by atoms with van der Waals surface area (Å²) in [7, 11) is 0. The molecule has 3 heterocycles. The molecule has 5 aromatic rings. The van der Waals surface area contributed by atoms with Gasteiger partial charge in [0.25, 0.3) is 5.91 Å². The van der Waals surface area contributed by atoms with Crippen molar-refractivity contribution in [1.82, 2.24) is 45.9 Å². The number of ether oxygens (including phenoxy) is 2. The number of carbonyl (C=O) groups is 5. The van der Waals surface area contributed by atoms with E-state index < -0.39 is 35.4 Å².